The molecule has 1 aromatic heterocycles. The van der Waals surface area contributed by atoms with E-state index in [0.717, 1.165) is 23.6 Å². The Bertz CT molecular complexity index is 1930. The van der Waals surface area contributed by atoms with Crippen molar-refractivity contribution < 1.29 is 32.6 Å². The second kappa shape index (κ2) is 16.6. The molecule has 51 heavy (non-hydrogen) atoms. The molecule has 13 nitrogen and oxygen atoms in total. The number of nitrogens with zero attached hydrogens (tertiary/aromatic N) is 4. The van der Waals surface area contributed by atoms with Crippen LogP contribution in [0.3, 0.4) is 0 Å². The average molecular weight is 721 g/mol. The molecule has 1 aliphatic heterocycles. The SMILES string of the molecule is C[C@@H]1CN([C@@H](C)CO)C(=O)c2cc(NS(=O)(=O)c3cn(C)cn3)ccc2O[C@@H](C)CCCCO[C@H]1CN(C)C(=O)Nc1cccc2ccccc12. The van der Waals surface area contributed by atoms with Crippen LogP contribution in [0.1, 0.15) is 50.4 Å². The highest BCUT2D eigenvalue weighted by Crippen LogP contribution is 2.30. The first-order chi connectivity index (χ1) is 24.4. The third-order valence-electron chi connectivity index (χ3n) is 9.09. The van der Waals surface area contributed by atoms with E-state index in [9.17, 15) is 23.1 Å². The molecule has 0 saturated carbocycles. The third kappa shape index (κ3) is 9.37. The molecule has 4 atom stereocenters. The Labute approximate surface area is 299 Å². The Morgan fingerprint density at radius 1 is 1.12 bits per heavy atom. The topological polar surface area (TPSA) is 155 Å². The maximum atomic E-state index is 14.4. The number of aryl methyl sites for hydroxylation is 1. The second-order valence-electron chi connectivity index (χ2n) is 13.3. The van der Waals surface area contributed by atoms with Gasteiger partial charge < -0.3 is 34.3 Å². The summed E-state index contributed by atoms with van der Waals surface area (Å²) in [5.74, 6) is -0.402. The molecule has 274 valence electrons. The molecule has 0 spiro atoms. The number of hydrogen-bond acceptors (Lipinski definition) is 8. The molecule has 0 radical (unpaired) electrons. The summed E-state index contributed by atoms with van der Waals surface area (Å²) in [6, 6.07) is 17.3. The molecular weight excluding hydrogens is 673 g/mol. The third-order valence-corrected chi connectivity index (χ3v) is 10.4. The number of aliphatic hydroxyl groups excluding tert-OH is 1. The number of likely N-dealkylation sites (N-methyl/N-ethyl adjacent to an activating group) is 1. The van der Waals surface area contributed by atoms with Crippen molar-refractivity contribution >= 4 is 44.1 Å². The first kappa shape index (κ1) is 37.6. The van der Waals surface area contributed by atoms with Gasteiger partial charge in [-0.25, -0.2) is 9.78 Å². The number of anilines is 2. The van der Waals surface area contributed by atoms with Crippen LogP contribution in [0.2, 0.25) is 0 Å². The number of aromatic nitrogens is 2. The monoisotopic (exact) mass is 720 g/mol. The van der Waals surface area contributed by atoms with Crippen molar-refractivity contribution in [3.05, 3.63) is 78.8 Å². The minimum atomic E-state index is -4.04. The molecule has 3 aromatic carbocycles. The van der Waals surface area contributed by atoms with Crippen molar-refractivity contribution in [1.29, 1.82) is 0 Å². The lowest BCUT2D eigenvalue weighted by Gasteiger charge is -2.35. The molecular formula is C37H48N6O7S. The van der Waals surface area contributed by atoms with E-state index in [1.807, 2.05) is 56.3 Å². The van der Waals surface area contributed by atoms with E-state index < -0.39 is 28.1 Å². The summed E-state index contributed by atoms with van der Waals surface area (Å²) in [5, 5.41) is 15.1. The number of fused-ring (bicyclic) bond motifs is 2. The van der Waals surface area contributed by atoms with Crippen LogP contribution in [0.5, 0.6) is 5.75 Å². The number of imidazole rings is 1. The predicted molar refractivity (Wildman–Crippen MR) is 196 cm³/mol. The number of carbonyl (C=O) groups excluding carboxylic acids is 2. The molecule has 2 heterocycles. The van der Waals surface area contributed by atoms with E-state index in [1.165, 1.54) is 23.2 Å². The van der Waals surface area contributed by atoms with E-state index in [0.29, 0.717) is 24.5 Å². The van der Waals surface area contributed by atoms with Crippen molar-refractivity contribution in [2.45, 2.75) is 63.3 Å². The Hall–Kier alpha value is -4.66. The predicted octanol–water partition coefficient (Wildman–Crippen LogP) is 5.33. The Kier molecular flexibility index (Phi) is 12.2. The highest BCUT2D eigenvalue weighted by Gasteiger charge is 2.31. The molecule has 4 aromatic rings. The van der Waals surface area contributed by atoms with E-state index in [2.05, 4.69) is 15.0 Å². The molecule has 0 bridgehead atoms. The largest absolute Gasteiger partial charge is 0.490 e. The zero-order valence-corrected chi connectivity index (χ0v) is 30.6. The molecule has 0 fully saturated rings. The van der Waals surface area contributed by atoms with Crippen LogP contribution in [0.4, 0.5) is 16.2 Å². The van der Waals surface area contributed by atoms with Crippen LogP contribution in [0.25, 0.3) is 10.8 Å². The van der Waals surface area contributed by atoms with Gasteiger partial charge in [0.2, 0.25) is 0 Å². The van der Waals surface area contributed by atoms with Gasteiger partial charge in [0.15, 0.2) is 5.03 Å². The number of hydrogen-bond donors (Lipinski definition) is 3. The summed E-state index contributed by atoms with van der Waals surface area (Å²) in [5.41, 5.74) is 1.02. The van der Waals surface area contributed by atoms with Crippen LogP contribution in [-0.4, -0.2) is 96.4 Å². The van der Waals surface area contributed by atoms with Crippen molar-refractivity contribution in [2.24, 2.45) is 13.0 Å². The number of ether oxygens (including phenoxy) is 2. The van der Waals surface area contributed by atoms with Gasteiger partial charge in [-0.3, -0.25) is 9.52 Å². The van der Waals surface area contributed by atoms with Crippen molar-refractivity contribution in [2.75, 3.05) is 43.4 Å². The fraction of sp³-hybridized carbons (Fsp3) is 0.432. The number of nitrogens with one attached hydrogen (secondary N) is 2. The standard InChI is InChI=1S/C37H48N6O7S/c1-25-20-43(26(2)23-44)36(45)31-19-29(40-51(47,48)35-22-41(4)24-38-35)16-17-33(31)50-27(3)11-8-9-18-49-34(25)21-42(5)37(46)39-32-15-10-13-28-12-6-7-14-30(28)32/h6-7,10,12-17,19,22,24-27,34,40,44H,8-9,11,18,20-21,23H2,1-5H3,(H,39,46)/t25-,26+,27+,34+/m1/s1. The summed E-state index contributed by atoms with van der Waals surface area (Å²) < 4.78 is 42.9. The molecule has 1 aliphatic rings. The van der Waals surface area contributed by atoms with Crippen LogP contribution in [0.15, 0.2) is 78.2 Å². The summed E-state index contributed by atoms with van der Waals surface area (Å²) >= 11 is 0. The van der Waals surface area contributed by atoms with Gasteiger partial charge in [-0.2, -0.15) is 8.42 Å². The molecule has 3 amide bonds. The minimum absolute atomic E-state index is 0.150. The van der Waals surface area contributed by atoms with Crippen molar-refractivity contribution in [1.82, 2.24) is 19.4 Å². The number of sulfonamides is 1. The average Bonchev–Trinajstić information content (AvgIpc) is 3.56. The fourth-order valence-electron chi connectivity index (χ4n) is 6.08. The maximum Gasteiger partial charge on any atom is 0.321 e. The van der Waals surface area contributed by atoms with Gasteiger partial charge in [-0.05, 0) is 62.8 Å². The highest BCUT2D eigenvalue weighted by molar-refractivity contribution is 7.92. The normalized spacial score (nSPS) is 19.8. The lowest BCUT2D eigenvalue weighted by atomic mass is 10.0. The summed E-state index contributed by atoms with van der Waals surface area (Å²) in [6.45, 7) is 6.20. The number of aliphatic hydroxyl groups is 1. The summed E-state index contributed by atoms with van der Waals surface area (Å²) in [4.78, 5) is 35.0. The van der Waals surface area contributed by atoms with Gasteiger partial charge in [0.25, 0.3) is 15.9 Å². The molecule has 5 rings (SSSR count). The van der Waals surface area contributed by atoms with Gasteiger partial charge in [-0.15, -0.1) is 0 Å². The van der Waals surface area contributed by atoms with Crippen molar-refractivity contribution in [3.8, 4) is 5.75 Å². The Morgan fingerprint density at radius 2 is 1.88 bits per heavy atom. The van der Waals surface area contributed by atoms with Crippen LogP contribution in [-0.2, 0) is 21.8 Å². The number of rotatable bonds is 8. The quantitative estimate of drug-likeness (QED) is 0.221. The summed E-state index contributed by atoms with van der Waals surface area (Å²) in [7, 11) is -0.657. The number of benzene rings is 3. The van der Waals surface area contributed by atoms with Gasteiger partial charge in [0.1, 0.15) is 5.75 Å². The zero-order chi connectivity index (χ0) is 36.7. The van der Waals surface area contributed by atoms with E-state index >= 15 is 0 Å². The zero-order valence-electron chi connectivity index (χ0n) is 29.8. The highest BCUT2D eigenvalue weighted by atomic mass is 32.2. The molecule has 14 heteroatoms. The maximum absolute atomic E-state index is 14.4. The molecule has 3 N–H and O–H groups in total. The van der Waals surface area contributed by atoms with Crippen LogP contribution >= 0.6 is 0 Å². The first-order valence-electron chi connectivity index (χ1n) is 17.2. The van der Waals surface area contributed by atoms with Gasteiger partial charge >= 0.3 is 6.03 Å². The smallest absolute Gasteiger partial charge is 0.321 e. The van der Waals surface area contributed by atoms with Crippen LogP contribution in [0, 0.1) is 5.92 Å². The Morgan fingerprint density at radius 3 is 2.63 bits per heavy atom. The van der Waals surface area contributed by atoms with E-state index in [-0.39, 0.29) is 54.0 Å². The fourth-order valence-corrected chi connectivity index (χ4v) is 7.11. The lowest BCUT2D eigenvalue weighted by molar-refractivity contribution is -0.0115. The number of carbonyl (C=O) groups is 2. The van der Waals surface area contributed by atoms with Gasteiger partial charge in [0, 0.05) is 57.0 Å². The van der Waals surface area contributed by atoms with Crippen LogP contribution < -0.4 is 14.8 Å². The first-order valence-corrected chi connectivity index (χ1v) is 18.7. The Balaban J connectivity index is 1.40. The molecule has 0 saturated heterocycles. The van der Waals surface area contributed by atoms with Crippen molar-refractivity contribution in [3.63, 3.8) is 0 Å². The lowest BCUT2D eigenvalue weighted by Crippen LogP contribution is -2.48. The molecule has 0 aliphatic carbocycles. The van der Waals surface area contributed by atoms with E-state index in [1.54, 1.807) is 43.0 Å². The van der Waals surface area contributed by atoms with Gasteiger partial charge in [-0.1, -0.05) is 43.3 Å². The number of urea groups is 1. The van der Waals surface area contributed by atoms with Gasteiger partial charge in [0.05, 0.1) is 42.4 Å². The number of amides is 3. The van der Waals surface area contributed by atoms with E-state index in [4.69, 9.17) is 9.47 Å². The summed E-state index contributed by atoms with van der Waals surface area (Å²) in [6.07, 6.45) is 4.33. The minimum Gasteiger partial charge on any atom is -0.490 e. The molecule has 0 unspecified atom stereocenters. The second-order valence-corrected chi connectivity index (χ2v) is 15.0.